The summed E-state index contributed by atoms with van der Waals surface area (Å²) < 4.78 is 2.12. The molecule has 0 saturated heterocycles. The lowest BCUT2D eigenvalue weighted by molar-refractivity contribution is 0.282. The van der Waals surface area contributed by atoms with Gasteiger partial charge in [-0.1, -0.05) is 48.5 Å². The molecule has 1 aliphatic heterocycles. The van der Waals surface area contributed by atoms with Gasteiger partial charge < -0.3 is 0 Å². The van der Waals surface area contributed by atoms with Crippen molar-refractivity contribution in [3.63, 3.8) is 0 Å². The van der Waals surface area contributed by atoms with E-state index in [4.69, 9.17) is 5.10 Å². The van der Waals surface area contributed by atoms with E-state index in [0.29, 0.717) is 0 Å². The summed E-state index contributed by atoms with van der Waals surface area (Å²) in [7, 11) is 0. The fourth-order valence-electron chi connectivity index (χ4n) is 4.42. The molecule has 0 N–H and O–H groups in total. The van der Waals surface area contributed by atoms with E-state index in [-0.39, 0.29) is 0 Å². The van der Waals surface area contributed by atoms with Crippen molar-refractivity contribution in [3.05, 3.63) is 89.3 Å². The van der Waals surface area contributed by atoms with Gasteiger partial charge >= 0.3 is 0 Å². The summed E-state index contributed by atoms with van der Waals surface area (Å²) in [5.41, 5.74) is 8.35. The van der Waals surface area contributed by atoms with Crippen LogP contribution in [-0.4, -0.2) is 27.8 Å². The predicted molar refractivity (Wildman–Crippen MR) is 110 cm³/mol. The zero-order chi connectivity index (χ0) is 18.1. The van der Waals surface area contributed by atoms with Gasteiger partial charge in [-0.05, 0) is 54.5 Å². The zero-order valence-electron chi connectivity index (χ0n) is 15.6. The molecular weight excluding hydrogens is 330 g/mol. The molecule has 1 aromatic heterocycles. The summed E-state index contributed by atoms with van der Waals surface area (Å²) in [4.78, 5) is 2.56. The van der Waals surface area contributed by atoms with E-state index in [0.717, 1.165) is 44.6 Å². The second-order valence-corrected chi connectivity index (χ2v) is 7.59. The highest BCUT2D eigenvalue weighted by Crippen LogP contribution is 2.32. The van der Waals surface area contributed by atoms with Gasteiger partial charge in [-0.15, -0.1) is 0 Å². The molecule has 2 heterocycles. The van der Waals surface area contributed by atoms with E-state index in [1.165, 1.54) is 34.4 Å². The maximum Gasteiger partial charge on any atom is 0.0649 e. The molecule has 3 nitrogen and oxygen atoms in total. The van der Waals surface area contributed by atoms with E-state index in [1.807, 2.05) is 0 Å². The first kappa shape index (κ1) is 16.5. The molecule has 0 bridgehead atoms. The fourth-order valence-corrected chi connectivity index (χ4v) is 4.42. The van der Waals surface area contributed by atoms with E-state index in [1.54, 1.807) is 0 Å². The SMILES string of the molecule is C(/CN1CCc2ccccc2C1)=C1/CCCc2c1cnn2-c1ccccc1. The lowest BCUT2D eigenvalue weighted by Gasteiger charge is -2.28. The molecule has 0 radical (unpaired) electrons. The standard InChI is InChI=1S/C24H25N3/c1-2-10-22(11-3-1)27-24-12-6-9-20(23(24)17-25-27)14-16-26-15-13-19-7-4-5-8-21(19)18-26/h1-5,7-8,10-11,14,17H,6,9,12-13,15-16,18H2/b20-14+. The van der Waals surface area contributed by atoms with E-state index in [9.17, 15) is 0 Å². The van der Waals surface area contributed by atoms with Crippen molar-refractivity contribution in [3.8, 4) is 5.69 Å². The fraction of sp³-hybridized carbons (Fsp3) is 0.292. The molecule has 2 aromatic carbocycles. The highest BCUT2D eigenvalue weighted by molar-refractivity contribution is 5.69. The Labute approximate surface area is 160 Å². The van der Waals surface area contributed by atoms with Gasteiger partial charge in [-0.2, -0.15) is 5.10 Å². The number of benzene rings is 2. The summed E-state index contributed by atoms with van der Waals surface area (Å²) in [6.07, 6.45) is 9.16. The summed E-state index contributed by atoms with van der Waals surface area (Å²) >= 11 is 0. The maximum atomic E-state index is 4.71. The van der Waals surface area contributed by atoms with Crippen LogP contribution >= 0.6 is 0 Å². The van der Waals surface area contributed by atoms with Crippen LogP contribution in [0, 0.1) is 0 Å². The summed E-state index contributed by atoms with van der Waals surface area (Å²) in [5, 5.41) is 4.71. The normalized spacial score (nSPS) is 18.3. The number of hydrogen-bond donors (Lipinski definition) is 0. The molecule has 3 aromatic rings. The van der Waals surface area contributed by atoms with Gasteiger partial charge in [0.1, 0.15) is 0 Å². The van der Waals surface area contributed by atoms with Gasteiger partial charge in [0.15, 0.2) is 0 Å². The zero-order valence-corrected chi connectivity index (χ0v) is 15.6. The summed E-state index contributed by atoms with van der Waals surface area (Å²) in [6, 6.07) is 19.4. The number of rotatable bonds is 3. The van der Waals surface area contributed by atoms with Crippen LogP contribution in [-0.2, 0) is 19.4 Å². The minimum absolute atomic E-state index is 1.03. The predicted octanol–water partition coefficient (Wildman–Crippen LogP) is 4.65. The quantitative estimate of drug-likeness (QED) is 0.682. The average Bonchev–Trinajstić information content (AvgIpc) is 3.17. The van der Waals surface area contributed by atoms with Gasteiger partial charge in [0.05, 0.1) is 17.6 Å². The Morgan fingerprint density at radius 3 is 2.59 bits per heavy atom. The Morgan fingerprint density at radius 1 is 0.889 bits per heavy atom. The van der Waals surface area contributed by atoms with Gasteiger partial charge in [-0.3, -0.25) is 4.90 Å². The van der Waals surface area contributed by atoms with Crippen LogP contribution in [0.2, 0.25) is 0 Å². The van der Waals surface area contributed by atoms with E-state index >= 15 is 0 Å². The van der Waals surface area contributed by atoms with Crippen molar-refractivity contribution in [1.29, 1.82) is 0 Å². The molecule has 1 aliphatic carbocycles. The van der Waals surface area contributed by atoms with E-state index < -0.39 is 0 Å². The number of allylic oxidation sites excluding steroid dienone is 1. The maximum absolute atomic E-state index is 4.71. The lowest BCUT2D eigenvalue weighted by Crippen LogP contribution is -2.30. The molecular formula is C24H25N3. The summed E-state index contributed by atoms with van der Waals surface area (Å²) in [6.45, 7) is 3.24. The summed E-state index contributed by atoms with van der Waals surface area (Å²) in [5.74, 6) is 0. The van der Waals surface area contributed by atoms with Crippen LogP contribution in [0.5, 0.6) is 0 Å². The Balaban J connectivity index is 1.36. The number of para-hydroxylation sites is 1. The number of fused-ring (bicyclic) bond motifs is 2. The third kappa shape index (κ3) is 3.24. The molecule has 27 heavy (non-hydrogen) atoms. The smallest absolute Gasteiger partial charge is 0.0649 e. The first-order chi connectivity index (χ1) is 13.4. The van der Waals surface area contributed by atoms with E-state index in [2.05, 4.69) is 76.5 Å². The Morgan fingerprint density at radius 2 is 1.70 bits per heavy atom. The molecule has 0 saturated carbocycles. The van der Waals surface area contributed by atoms with Crippen molar-refractivity contribution < 1.29 is 0 Å². The van der Waals surface area contributed by atoms with Gasteiger partial charge in [0.25, 0.3) is 0 Å². The molecule has 5 rings (SSSR count). The van der Waals surface area contributed by atoms with Gasteiger partial charge in [-0.25, -0.2) is 4.68 Å². The highest BCUT2D eigenvalue weighted by Gasteiger charge is 2.21. The van der Waals surface area contributed by atoms with Crippen molar-refractivity contribution in [2.45, 2.75) is 32.2 Å². The Hall–Kier alpha value is -2.65. The number of hydrogen-bond acceptors (Lipinski definition) is 2. The first-order valence-corrected chi connectivity index (χ1v) is 9.99. The largest absolute Gasteiger partial charge is 0.295 e. The van der Waals surface area contributed by atoms with Crippen LogP contribution in [0.25, 0.3) is 11.3 Å². The lowest BCUT2D eigenvalue weighted by atomic mass is 9.92. The minimum atomic E-state index is 1.03. The van der Waals surface area contributed by atoms with Crippen LogP contribution in [0.15, 0.2) is 66.9 Å². The second-order valence-electron chi connectivity index (χ2n) is 7.59. The van der Waals surface area contributed by atoms with Crippen LogP contribution in [0.4, 0.5) is 0 Å². The third-order valence-corrected chi connectivity index (χ3v) is 5.88. The minimum Gasteiger partial charge on any atom is -0.295 e. The van der Waals surface area contributed by atoms with Crippen molar-refractivity contribution in [1.82, 2.24) is 14.7 Å². The molecule has 0 fully saturated rings. The molecule has 0 unspecified atom stereocenters. The molecule has 2 aliphatic rings. The molecule has 0 spiro atoms. The second kappa shape index (κ2) is 7.16. The van der Waals surface area contributed by atoms with Crippen LogP contribution < -0.4 is 0 Å². The molecule has 0 amide bonds. The highest BCUT2D eigenvalue weighted by atomic mass is 15.3. The van der Waals surface area contributed by atoms with Crippen molar-refractivity contribution in [2.75, 3.05) is 13.1 Å². The van der Waals surface area contributed by atoms with Gasteiger partial charge in [0, 0.05) is 25.2 Å². The monoisotopic (exact) mass is 355 g/mol. The van der Waals surface area contributed by atoms with Crippen molar-refractivity contribution in [2.24, 2.45) is 0 Å². The molecule has 3 heteroatoms. The Kier molecular flexibility index (Phi) is 4.38. The first-order valence-electron chi connectivity index (χ1n) is 9.99. The average molecular weight is 355 g/mol. The van der Waals surface area contributed by atoms with Crippen molar-refractivity contribution >= 4 is 5.57 Å². The van der Waals surface area contributed by atoms with Crippen LogP contribution in [0.1, 0.15) is 35.2 Å². The Bertz CT molecular complexity index is 968. The van der Waals surface area contributed by atoms with Gasteiger partial charge in [0.2, 0.25) is 0 Å². The molecule has 136 valence electrons. The number of aromatic nitrogens is 2. The number of nitrogens with zero attached hydrogens (tertiary/aromatic N) is 3. The molecule has 0 atom stereocenters. The topological polar surface area (TPSA) is 21.1 Å². The third-order valence-electron chi connectivity index (χ3n) is 5.88. The van der Waals surface area contributed by atoms with Crippen LogP contribution in [0.3, 0.4) is 0 Å².